The highest BCUT2D eigenvalue weighted by Gasteiger charge is 2.23. The summed E-state index contributed by atoms with van der Waals surface area (Å²) in [7, 11) is 3.11. The summed E-state index contributed by atoms with van der Waals surface area (Å²) in [4.78, 5) is 35.0. The molecule has 0 N–H and O–H groups in total. The molecule has 1 saturated heterocycles. The van der Waals surface area contributed by atoms with E-state index in [1.54, 1.807) is 25.2 Å². The van der Waals surface area contributed by atoms with E-state index in [0.29, 0.717) is 40.1 Å². The second-order valence-corrected chi connectivity index (χ2v) is 8.72. The van der Waals surface area contributed by atoms with E-state index < -0.39 is 5.69 Å². The molecule has 10 heteroatoms. The molecular weight excluding hydrogens is 439 g/mol. The number of aryl methyl sites for hydroxylation is 1. The fraction of sp³-hybridized carbons (Fsp3) is 0.476. The quantitative estimate of drug-likeness (QED) is 0.576. The topological polar surface area (TPSA) is 68.3 Å². The summed E-state index contributed by atoms with van der Waals surface area (Å²) < 4.78 is 4.38. The van der Waals surface area contributed by atoms with Crippen molar-refractivity contribution in [3.8, 4) is 0 Å². The summed E-state index contributed by atoms with van der Waals surface area (Å²) in [5.41, 5.74) is 0.691. The van der Waals surface area contributed by atoms with Gasteiger partial charge in [0.05, 0.1) is 13.1 Å². The predicted molar refractivity (Wildman–Crippen MR) is 123 cm³/mol. The van der Waals surface area contributed by atoms with E-state index in [2.05, 4.69) is 16.7 Å². The zero-order valence-electron chi connectivity index (χ0n) is 17.9. The lowest BCUT2D eigenvalue weighted by atomic mass is 10.2. The van der Waals surface area contributed by atoms with Crippen LogP contribution in [0.4, 0.5) is 0 Å². The van der Waals surface area contributed by atoms with Gasteiger partial charge in [0.2, 0.25) is 0 Å². The third kappa shape index (κ3) is 4.05. The fourth-order valence-electron chi connectivity index (χ4n) is 4.09. The first-order valence-electron chi connectivity index (χ1n) is 10.3. The van der Waals surface area contributed by atoms with Gasteiger partial charge in [0.15, 0.2) is 11.2 Å². The van der Waals surface area contributed by atoms with Crippen molar-refractivity contribution >= 4 is 34.4 Å². The van der Waals surface area contributed by atoms with Gasteiger partial charge in [0.25, 0.3) is 5.56 Å². The van der Waals surface area contributed by atoms with E-state index in [1.807, 2.05) is 4.57 Å². The van der Waals surface area contributed by atoms with Gasteiger partial charge in [-0.2, -0.15) is 0 Å². The van der Waals surface area contributed by atoms with Crippen LogP contribution in [0.1, 0.15) is 18.3 Å². The molecule has 166 valence electrons. The van der Waals surface area contributed by atoms with Gasteiger partial charge in [-0.05, 0) is 18.7 Å². The Hall–Kier alpha value is -2.13. The summed E-state index contributed by atoms with van der Waals surface area (Å²) in [5, 5.41) is 1.05. The van der Waals surface area contributed by atoms with Gasteiger partial charge in [0.1, 0.15) is 5.82 Å². The summed E-state index contributed by atoms with van der Waals surface area (Å²) in [6, 6.07) is 5.34. The monoisotopic (exact) mass is 464 g/mol. The minimum absolute atomic E-state index is 0.298. The van der Waals surface area contributed by atoms with Gasteiger partial charge in [-0.1, -0.05) is 36.2 Å². The summed E-state index contributed by atoms with van der Waals surface area (Å²) >= 11 is 12.9. The number of aromatic nitrogens is 4. The van der Waals surface area contributed by atoms with Crippen LogP contribution in [-0.2, 0) is 27.2 Å². The number of benzene rings is 1. The number of fused-ring (bicyclic) bond motifs is 1. The Morgan fingerprint density at radius 1 is 0.935 bits per heavy atom. The molecule has 4 rings (SSSR count). The Morgan fingerprint density at radius 2 is 1.55 bits per heavy atom. The largest absolute Gasteiger partial charge is 0.332 e. The van der Waals surface area contributed by atoms with Crippen molar-refractivity contribution in [1.82, 2.24) is 28.5 Å². The smallest absolute Gasteiger partial charge is 0.316 e. The molecule has 2 aromatic heterocycles. The average Bonchev–Trinajstić information content (AvgIpc) is 3.12. The fourth-order valence-corrected chi connectivity index (χ4v) is 4.60. The number of likely N-dealkylation sites (N-methyl/N-ethyl adjacent to an activating group) is 1. The van der Waals surface area contributed by atoms with E-state index >= 15 is 0 Å². The van der Waals surface area contributed by atoms with E-state index in [4.69, 9.17) is 28.2 Å². The van der Waals surface area contributed by atoms with Crippen molar-refractivity contribution < 1.29 is 0 Å². The van der Waals surface area contributed by atoms with E-state index in [9.17, 15) is 9.59 Å². The maximum atomic E-state index is 13.1. The molecule has 1 aromatic carbocycles. The van der Waals surface area contributed by atoms with Gasteiger partial charge >= 0.3 is 5.69 Å². The van der Waals surface area contributed by atoms with Crippen molar-refractivity contribution in [1.29, 1.82) is 0 Å². The predicted octanol–water partition coefficient (Wildman–Crippen LogP) is 1.93. The molecule has 8 nitrogen and oxygen atoms in total. The second-order valence-electron chi connectivity index (χ2n) is 7.90. The van der Waals surface area contributed by atoms with Crippen LogP contribution in [0, 0.1) is 0 Å². The van der Waals surface area contributed by atoms with Crippen LogP contribution < -0.4 is 11.2 Å². The number of halogens is 2. The van der Waals surface area contributed by atoms with Gasteiger partial charge in [0, 0.05) is 55.9 Å². The average molecular weight is 465 g/mol. The van der Waals surface area contributed by atoms with Crippen LogP contribution in [0.25, 0.3) is 11.2 Å². The highest BCUT2D eigenvalue weighted by molar-refractivity contribution is 6.36. The van der Waals surface area contributed by atoms with Crippen molar-refractivity contribution in [2.45, 2.75) is 20.0 Å². The summed E-state index contributed by atoms with van der Waals surface area (Å²) in [5.74, 6) is 0.717. The van der Waals surface area contributed by atoms with E-state index in [-0.39, 0.29) is 5.56 Å². The summed E-state index contributed by atoms with van der Waals surface area (Å²) in [6.07, 6.45) is 0. The van der Waals surface area contributed by atoms with Gasteiger partial charge in [-0.25, -0.2) is 9.78 Å². The molecule has 0 saturated carbocycles. The first-order chi connectivity index (χ1) is 14.8. The first kappa shape index (κ1) is 22.1. The lowest BCUT2D eigenvalue weighted by Crippen LogP contribution is -2.45. The van der Waals surface area contributed by atoms with Crippen molar-refractivity contribution in [2.75, 3.05) is 32.7 Å². The molecular formula is C21H26Cl2N6O2. The van der Waals surface area contributed by atoms with Crippen LogP contribution in [-0.4, -0.2) is 61.2 Å². The lowest BCUT2D eigenvalue weighted by molar-refractivity contribution is 0.129. The minimum atomic E-state index is -0.402. The number of nitrogens with zero attached hydrogens (tertiary/aromatic N) is 6. The van der Waals surface area contributed by atoms with Gasteiger partial charge in [-0.3, -0.25) is 18.8 Å². The number of hydrogen-bond donors (Lipinski definition) is 0. The Kier molecular flexibility index (Phi) is 6.25. The van der Waals surface area contributed by atoms with Gasteiger partial charge in [-0.15, -0.1) is 0 Å². The SMILES string of the molecule is CCN1CCN(Cc2nc3c(c(=O)n(C)c(=O)n3C)n2Cc2c(Cl)cccc2Cl)CC1. The Labute approximate surface area is 190 Å². The number of hydrogen-bond acceptors (Lipinski definition) is 5. The normalized spacial score (nSPS) is 15.8. The number of piperazine rings is 1. The van der Waals surface area contributed by atoms with E-state index in [1.165, 1.54) is 11.6 Å². The maximum Gasteiger partial charge on any atom is 0.332 e. The highest BCUT2D eigenvalue weighted by Crippen LogP contribution is 2.27. The van der Waals surface area contributed by atoms with Crippen molar-refractivity contribution in [2.24, 2.45) is 14.1 Å². The Balaban J connectivity index is 1.84. The molecule has 3 heterocycles. The van der Waals surface area contributed by atoms with Crippen LogP contribution in [0.2, 0.25) is 10.0 Å². The first-order valence-corrected chi connectivity index (χ1v) is 11.1. The number of imidazole rings is 1. The zero-order valence-corrected chi connectivity index (χ0v) is 19.4. The van der Waals surface area contributed by atoms with Crippen LogP contribution in [0.15, 0.2) is 27.8 Å². The zero-order chi connectivity index (χ0) is 22.3. The van der Waals surface area contributed by atoms with Crippen molar-refractivity contribution in [3.05, 3.63) is 60.5 Å². The molecule has 0 atom stereocenters. The van der Waals surface area contributed by atoms with Gasteiger partial charge < -0.3 is 9.47 Å². The lowest BCUT2D eigenvalue weighted by Gasteiger charge is -2.33. The molecule has 0 amide bonds. The molecule has 0 aliphatic carbocycles. The Morgan fingerprint density at radius 3 is 2.16 bits per heavy atom. The molecule has 3 aromatic rings. The van der Waals surface area contributed by atoms with Crippen LogP contribution in [0.3, 0.4) is 0 Å². The van der Waals surface area contributed by atoms with E-state index in [0.717, 1.165) is 42.9 Å². The molecule has 31 heavy (non-hydrogen) atoms. The summed E-state index contributed by atoms with van der Waals surface area (Å²) in [6.45, 7) is 7.90. The van der Waals surface area contributed by atoms with Crippen molar-refractivity contribution in [3.63, 3.8) is 0 Å². The highest BCUT2D eigenvalue weighted by atomic mass is 35.5. The minimum Gasteiger partial charge on any atom is -0.316 e. The third-order valence-corrected chi connectivity index (χ3v) is 6.79. The standard InChI is InChI=1S/C21H26Cl2N6O2/c1-4-27-8-10-28(11-9-27)13-17-24-19-18(20(30)26(3)21(31)25(19)2)29(17)12-14-15(22)6-5-7-16(14)23/h5-7H,4,8-13H2,1-3H3. The molecule has 1 aliphatic rings. The second kappa shape index (κ2) is 8.78. The molecule has 1 aliphatic heterocycles. The van der Waals surface area contributed by atoms with Crippen LogP contribution >= 0.6 is 23.2 Å². The maximum absolute atomic E-state index is 13.1. The molecule has 0 radical (unpaired) electrons. The molecule has 0 unspecified atom stereocenters. The third-order valence-electron chi connectivity index (χ3n) is 6.08. The van der Waals surface area contributed by atoms with Crippen LogP contribution in [0.5, 0.6) is 0 Å². The molecule has 1 fully saturated rings. The molecule has 0 bridgehead atoms. The molecule has 0 spiro atoms. The Bertz CT molecular complexity index is 1220. The number of rotatable bonds is 5.